The standard InChI is InChI=1S/C23H29N5O2S.ClH/c1-31(29,30)28-20-8-4-2-6-18(20)14-16-10-12-17(13-11-16)15-25-23-26-21-9-5-3-7-19(21)22(24)27-23;/h2-9,16-17,28H,10-15H2,1H3,(H3,24,25,26,27);1H. The van der Waals surface area contributed by atoms with Gasteiger partial charge in [-0.2, -0.15) is 4.98 Å². The first-order valence-electron chi connectivity index (χ1n) is 10.7. The van der Waals surface area contributed by atoms with Gasteiger partial charge in [-0.05, 0) is 67.7 Å². The van der Waals surface area contributed by atoms with Gasteiger partial charge in [0.25, 0.3) is 0 Å². The van der Waals surface area contributed by atoms with Crippen molar-refractivity contribution in [2.75, 3.05) is 28.6 Å². The van der Waals surface area contributed by atoms with Crippen molar-refractivity contribution < 1.29 is 8.42 Å². The van der Waals surface area contributed by atoms with Crippen LogP contribution in [0.5, 0.6) is 0 Å². The third-order valence-electron chi connectivity index (χ3n) is 5.97. The summed E-state index contributed by atoms with van der Waals surface area (Å²) in [6.07, 6.45) is 6.59. The molecule has 9 heteroatoms. The van der Waals surface area contributed by atoms with Gasteiger partial charge in [-0.15, -0.1) is 12.4 Å². The van der Waals surface area contributed by atoms with Gasteiger partial charge < -0.3 is 11.1 Å². The smallest absolute Gasteiger partial charge is 0.229 e. The van der Waals surface area contributed by atoms with Crippen molar-refractivity contribution in [3.05, 3.63) is 54.1 Å². The Balaban J connectivity index is 0.00000289. The van der Waals surface area contributed by atoms with Gasteiger partial charge in [0, 0.05) is 11.9 Å². The Bertz CT molecular complexity index is 1160. The molecule has 4 rings (SSSR count). The molecule has 0 spiro atoms. The van der Waals surface area contributed by atoms with Crippen molar-refractivity contribution in [3.8, 4) is 0 Å². The van der Waals surface area contributed by atoms with Crippen LogP contribution in [0.25, 0.3) is 10.9 Å². The van der Waals surface area contributed by atoms with Crippen molar-refractivity contribution in [2.45, 2.75) is 32.1 Å². The van der Waals surface area contributed by atoms with E-state index in [1.165, 1.54) is 6.26 Å². The largest absolute Gasteiger partial charge is 0.383 e. The van der Waals surface area contributed by atoms with E-state index in [2.05, 4.69) is 20.0 Å². The Hall–Kier alpha value is -2.58. The molecule has 0 radical (unpaired) electrons. The van der Waals surface area contributed by atoms with E-state index in [4.69, 9.17) is 5.73 Å². The molecule has 2 aromatic carbocycles. The number of halogens is 1. The van der Waals surface area contributed by atoms with Crippen molar-refractivity contribution >= 4 is 50.8 Å². The fourth-order valence-electron chi connectivity index (χ4n) is 4.36. The fraction of sp³-hybridized carbons (Fsp3) is 0.391. The van der Waals surface area contributed by atoms with E-state index in [9.17, 15) is 8.42 Å². The molecule has 0 atom stereocenters. The Kier molecular flexibility index (Phi) is 7.79. The van der Waals surface area contributed by atoms with E-state index in [-0.39, 0.29) is 12.4 Å². The molecule has 3 aromatic rings. The molecule has 1 heterocycles. The zero-order valence-electron chi connectivity index (χ0n) is 18.1. The van der Waals surface area contributed by atoms with E-state index >= 15 is 0 Å². The molecule has 0 aliphatic heterocycles. The maximum absolute atomic E-state index is 11.6. The molecule has 0 saturated heterocycles. The molecule has 1 saturated carbocycles. The average Bonchev–Trinajstić information content (AvgIpc) is 2.74. The number of nitrogen functional groups attached to an aromatic ring is 1. The highest BCUT2D eigenvalue weighted by atomic mass is 35.5. The summed E-state index contributed by atoms with van der Waals surface area (Å²) in [7, 11) is -3.28. The van der Waals surface area contributed by atoms with Gasteiger partial charge in [0.1, 0.15) is 5.82 Å². The Morgan fingerprint density at radius 3 is 2.38 bits per heavy atom. The molecule has 7 nitrogen and oxygen atoms in total. The predicted octanol–water partition coefficient (Wildman–Crippen LogP) is 4.47. The Morgan fingerprint density at radius 1 is 0.969 bits per heavy atom. The molecule has 1 aromatic heterocycles. The summed E-state index contributed by atoms with van der Waals surface area (Å²) in [5.41, 5.74) is 8.68. The number of aromatic nitrogens is 2. The molecule has 32 heavy (non-hydrogen) atoms. The lowest BCUT2D eigenvalue weighted by molar-refractivity contribution is 0.282. The lowest BCUT2D eigenvalue weighted by Crippen LogP contribution is -2.23. The quantitative estimate of drug-likeness (QED) is 0.465. The maximum Gasteiger partial charge on any atom is 0.229 e. The number of nitrogens with one attached hydrogen (secondary N) is 2. The van der Waals surface area contributed by atoms with Crippen LogP contribution in [0.15, 0.2) is 48.5 Å². The van der Waals surface area contributed by atoms with Gasteiger partial charge in [-0.3, -0.25) is 4.72 Å². The van der Waals surface area contributed by atoms with Crippen molar-refractivity contribution in [1.29, 1.82) is 0 Å². The number of hydrogen-bond donors (Lipinski definition) is 3. The number of benzene rings is 2. The summed E-state index contributed by atoms with van der Waals surface area (Å²) in [5, 5.41) is 4.24. The van der Waals surface area contributed by atoms with E-state index in [1.54, 1.807) is 0 Å². The minimum atomic E-state index is -3.28. The van der Waals surface area contributed by atoms with Gasteiger partial charge >= 0.3 is 0 Å². The Labute approximate surface area is 195 Å². The van der Waals surface area contributed by atoms with Crippen LogP contribution in [-0.4, -0.2) is 31.2 Å². The van der Waals surface area contributed by atoms with Crippen molar-refractivity contribution in [2.24, 2.45) is 11.8 Å². The average molecular weight is 476 g/mol. The van der Waals surface area contributed by atoms with E-state index in [0.717, 1.165) is 55.1 Å². The van der Waals surface area contributed by atoms with E-state index in [1.807, 2.05) is 48.5 Å². The molecule has 172 valence electrons. The molecular formula is C23H30ClN5O2S. The second kappa shape index (κ2) is 10.4. The lowest BCUT2D eigenvalue weighted by Gasteiger charge is -2.29. The van der Waals surface area contributed by atoms with Crippen LogP contribution >= 0.6 is 12.4 Å². The van der Waals surface area contributed by atoms with Crippen LogP contribution in [0.3, 0.4) is 0 Å². The predicted molar refractivity (Wildman–Crippen MR) is 134 cm³/mol. The van der Waals surface area contributed by atoms with Gasteiger partial charge in [0.15, 0.2) is 0 Å². The van der Waals surface area contributed by atoms with E-state index < -0.39 is 10.0 Å². The molecule has 4 N–H and O–H groups in total. The number of hydrogen-bond acceptors (Lipinski definition) is 6. The number of rotatable bonds is 7. The highest BCUT2D eigenvalue weighted by molar-refractivity contribution is 7.92. The zero-order chi connectivity index (χ0) is 21.8. The first kappa shape index (κ1) is 24.1. The molecule has 0 amide bonds. The van der Waals surface area contributed by atoms with Crippen LogP contribution in [0.1, 0.15) is 31.2 Å². The number of para-hydroxylation sites is 2. The van der Waals surface area contributed by atoms with Gasteiger partial charge in [0.05, 0.1) is 17.5 Å². The topological polar surface area (TPSA) is 110 Å². The minimum Gasteiger partial charge on any atom is -0.383 e. The fourth-order valence-corrected chi connectivity index (χ4v) is 4.96. The highest BCUT2D eigenvalue weighted by Gasteiger charge is 2.22. The SMILES string of the molecule is CS(=O)(=O)Nc1ccccc1CC1CCC(CNc2nc(N)c3ccccc3n2)CC1.Cl. The van der Waals surface area contributed by atoms with Crippen molar-refractivity contribution in [1.82, 2.24) is 9.97 Å². The first-order chi connectivity index (χ1) is 14.9. The number of fused-ring (bicyclic) bond motifs is 1. The summed E-state index contributed by atoms with van der Waals surface area (Å²) in [6.45, 7) is 0.830. The van der Waals surface area contributed by atoms with Crippen LogP contribution in [-0.2, 0) is 16.4 Å². The van der Waals surface area contributed by atoms with Gasteiger partial charge in [-0.1, -0.05) is 30.3 Å². The number of nitrogens with two attached hydrogens (primary N) is 1. The number of nitrogens with zero attached hydrogens (tertiary/aromatic N) is 2. The van der Waals surface area contributed by atoms with Crippen molar-refractivity contribution in [3.63, 3.8) is 0 Å². The normalized spacial score (nSPS) is 18.7. The number of anilines is 3. The van der Waals surface area contributed by atoms with Crippen LogP contribution in [0.2, 0.25) is 0 Å². The maximum atomic E-state index is 11.6. The highest BCUT2D eigenvalue weighted by Crippen LogP contribution is 2.33. The zero-order valence-corrected chi connectivity index (χ0v) is 19.8. The second-order valence-corrected chi connectivity index (χ2v) is 10.2. The second-order valence-electron chi connectivity index (χ2n) is 8.45. The van der Waals surface area contributed by atoms with Gasteiger partial charge in [-0.25, -0.2) is 13.4 Å². The van der Waals surface area contributed by atoms with Crippen LogP contribution in [0.4, 0.5) is 17.5 Å². The summed E-state index contributed by atoms with van der Waals surface area (Å²) >= 11 is 0. The molecular weight excluding hydrogens is 446 g/mol. The molecule has 1 aliphatic rings. The third kappa shape index (κ3) is 6.23. The summed E-state index contributed by atoms with van der Waals surface area (Å²) < 4.78 is 25.9. The number of sulfonamides is 1. The Morgan fingerprint density at radius 2 is 1.62 bits per heavy atom. The first-order valence-corrected chi connectivity index (χ1v) is 12.6. The molecule has 1 aliphatic carbocycles. The third-order valence-corrected chi connectivity index (χ3v) is 6.56. The molecule has 0 unspecified atom stereocenters. The van der Waals surface area contributed by atoms with Gasteiger partial charge in [0.2, 0.25) is 16.0 Å². The summed E-state index contributed by atoms with van der Waals surface area (Å²) in [6, 6.07) is 15.4. The summed E-state index contributed by atoms with van der Waals surface area (Å²) in [4.78, 5) is 8.97. The molecule has 0 bridgehead atoms. The lowest BCUT2D eigenvalue weighted by atomic mass is 9.79. The van der Waals surface area contributed by atoms with Crippen LogP contribution < -0.4 is 15.8 Å². The monoisotopic (exact) mass is 475 g/mol. The van der Waals surface area contributed by atoms with E-state index in [0.29, 0.717) is 29.3 Å². The minimum absolute atomic E-state index is 0. The van der Waals surface area contributed by atoms with Crippen LogP contribution in [0, 0.1) is 11.8 Å². The molecule has 1 fully saturated rings. The summed E-state index contributed by atoms with van der Waals surface area (Å²) in [5.74, 6) is 2.21.